The fourth-order valence-corrected chi connectivity index (χ4v) is 8.63. The van der Waals surface area contributed by atoms with Crippen molar-refractivity contribution in [3.63, 3.8) is 0 Å². The smallest absolute Gasteiger partial charge is 0.160 e. The Hall–Kier alpha value is -8.58. The summed E-state index contributed by atoms with van der Waals surface area (Å²) in [6.45, 7) is 0. The van der Waals surface area contributed by atoms with Gasteiger partial charge in [-0.25, -0.2) is 9.97 Å². The van der Waals surface area contributed by atoms with Crippen LogP contribution in [0.1, 0.15) is 11.1 Å². The Morgan fingerprint density at radius 1 is 0.367 bits per heavy atom. The third kappa shape index (κ3) is 5.71. The third-order valence-electron chi connectivity index (χ3n) is 11.4. The molecule has 0 spiro atoms. The van der Waals surface area contributed by atoms with Gasteiger partial charge in [-0.3, -0.25) is 0 Å². The summed E-state index contributed by atoms with van der Waals surface area (Å²) in [7, 11) is 0. The number of rotatable bonds is 6. The molecule has 0 aliphatic heterocycles. The molecular weight excluding hydrogens is 733 g/mol. The molecule has 0 saturated carbocycles. The number of aromatic nitrogens is 4. The van der Waals surface area contributed by atoms with Crippen molar-refractivity contribution in [2.24, 2.45) is 0 Å². The molecule has 11 aromatic rings. The van der Waals surface area contributed by atoms with Gasteiger partial charge in [0, 0.05) is 49.5 Å². The molecular formula is C54H32N6. The Labute approximate surface area is 345 Å². The lowest BCUT2D eigenvalue weighted by Crippen LogP contribution is -2.01. The van der Waals surface area contributed by atoms with E-state index in [1.807, 2.05) is 72.8 Å². The standard InChI is InChI=1S/C54H32N6/c55-33-35-22-25-52-45(28-35)46-29-36(34-56)23-26-53(46)60(52)51-27-24-40(54-57-47(37-12-3-1-4-13-37)32-48(58-54)38-14-5-2-6-15-38)31-44(51)39-16-11-17-41(30-39)59-49-20-9-7-18-42(49)43-19-8-10-21-50(43)59/h1-32H. The summed E-state index contributed by atoms with van der Waals surface area (Å²) in [5.74, 6) is 0.612. The lowest BCUT2D eigenvalue weighted by atomic mass is 9.99. The van der Waals surface area contributed by atoms with E-state index in [1.54, 1.807) is 0 Å². The number of nitriles is 2. The Morgan fingerprint density at radius 3 is 1.45 bits per heavy atom. The van der Waals surface area contributed by atoms with Gasteiger partial charge in [0.05, 0.1) is 62.4 Å². The molecule has 0 bridgehead atoms. The van der Waals surface area contributed by atoms with Crippen LogP contribution >= 0.6 is 0 Å². The van der Waals surface area contributed by atoms with Crippen molar-refractivity contribution in [2.75, 3.05) is 0 Å². The fourth-order valence-electron chi connectivity index (χ4n) is 8.63. The topological polar surface area (TPSA) is 83.2 Å². The Bertz CT molecular complexity index is 3380. The van der Waals surface area contributed by atoms with Gasteiger partial charge in [-0.15, -0.1) is 0 Å². The Balaban J connectivity index is 1.19. The number of benzene rings is 8. The SMILES string of the molecule is N#Cc1ccc2c(c1)c1cc(C#N)ccc1n2-c1ccc(-c2nc(-c3ccccc3)cc(-c3ccccc3)n2)cc1-c1cccc(-n2c3ccccc3c3ccccc32)c1. The van der Waals surface area contributed by atoms with Gasteiger partial charge in [-0.05, 0) is 90.5 Å². The van der Waals surface area contributed by atoms with Gasteiger partial charge >= 0.3 is 0 Å². The molecule has 0 amide bonds. The van der Waals surface area contributed by atoms with E-state index in [0.29, 0.717) is 17.0 Å². The summed E-state index contributed by atoms with van der Waals surface area (Å²) in [6.07, 6.45) is 0. The number of nitrogens with zero attached hydrogens (tertiary/aromatic N) is 6. The molecule has 11 rings (SSSR count). The number of para-hydroxylation sites is 2. The summed E-state index contributed by atoms with van der Waals surface area (Å²) >= 11 is 0. The van der Waals surface area contributed by atoms with Crippen molar-refractivity contribution in [3.05, 3.63) is 205 Å². The van der Waals surface area contributed by atoms with Crippen LogP contribution in [0.15, 0.2) is 194 Å². The van der Waals surface area contributed by atoms with Crippen molar-refractivity contribution in [3.8, 4) is 68.5 Å². The normalized spacial score (nSPS) is 11.3. The van der Waals surface area contributed by atoms with Crippen molar-refractivity contribution in [1.82, 2.24) is 19.1 Å². The fraction of sp³-hybridized carbons (Fsp3) is 0. The molecule has 60 heavy (non-hydrogen) atoms. The van der Waals surface area contributed by atoms with E-state index in [1.165, 1.54) is 10.8 Å². The molecule has 6 nitrogen and oxygen atoms in total. The molecule has 6 heteroatoms. The highest BCUT2D eigenvalue weighted by atomic mass is 15.0. The molecule has 0 N–H and O–H groups in total. The van der Waals surface area contributed by atoms with E-state index in [9.17, 15) is 10.5 Å². The van der Waals surface area contributed by atoms with Crippen LogP contribution in [0, 0.1) is 22.7 Å². The van der Waals surface area contributed by atoms with Crippen LogP contribution < -0.4 is 0 Å². The van der Waals surface area contributed by atoms with Crippen LogP contribution in [-0.2, 0) is 0 Å². The van der Waals surface area contributed by atoms with Crippen molar-refractivity contribution in [2.45, 2.75) is 0 Å². The van der Waals surface area contributed by atoms with Crippen LogP contribution in [0.2, 0.25) is 0 Å². The van der Waals surface area contributed by atoms with Crippen LogP contribution in [0.5, 0.6) is 0 Å². The molecule has 0 fully saturated rings. The largest absolute Gasteiger partial charge is 0.309 e. The minimum Gasteiger partial charge on any atom is -0.309 e. The molecule has 8 aromatic carbocycles. The van der Waals surface area contributed by atoms with Gasteiger partial charge in [-0.2, -0.15) is 10.5 Å². The van der Waals surface area contributed by atoms with Crippen molar-refractivity contribution < 1.29 is 0 Å². The lowest BCUT2D eigenvalue weighted by molar-refractivity contribution is 1.16. The van der Waals surface area contributed by atoms with E-state index in [-0.39, 0.29) is 0 Å². The predicted octanol–water partition coefficient (Wildman–Crippen LogP) is 13.1. The monoisotopic (exact) mass is 764 g/mol. The second-order valence-corrected chi connectivity index (χ2v) is 14.9. The van der Waals surface area contributed by atoms with Gasteiger partial charge < -0.3 is 9.13 Å². The highest BCUT2D eigenvalue weighted by Gasteiger charge is 2.20. The zero-order valence-corrected chi connectivity index (χ0v) is 32.2. The van der Waals surface area contributed by atoms with E-state index >= 15 is 0 Å². The average molecular weight is 765 g/mol. The van der Waals surface area contributed by atoms with E-state index < -0.39 is 0 Å². The lowest BCUT2D eigenvalue weighted by Gasteiger charge is -2.17. The van der Waals surface area contributed by atoms with Crippen molar-refractivity contribution in [1.29, 1.82) is 10.5 Å². The number of hydrogen-bond acceptors (Lipinski definition) is 4. The molecule has 0 saturated heterocycles. The summed E-state index contributed by atoms with van der Waals surface area (Å²) in [5, 5.41) is 24.1. The molecule has 3 heterocycles. The van der Waals surface area contributed by atoms with Gasteiger partial charge in [-0.1, -0.05) is 109 Å². The summed E-state index contributed by atoms with van der Waals surface area (Å²) in [6, 6.07) is 70.9. The van der Waals surface area contributed by atoms with Gasteiger partial charge in [0.2, 0.25) is 0 Å². The highest BCUT2D eigenvalue weighted by molar-refractivity contribution is 6.11. The van der Waals surface area contributed by atoms with Crippen LogP contribution in [-0.4, -0.2) is 19.1 Å². The molecule has 0 unspecified atom stereocenters. The number of fused-ring (bicyclic) bond motifs is 6. The third-order valence-corrected chi connectivity index (χ3v) is 11.4. The Kier molecular flexibility index (Phi) is 8.15. The first-order valence-electron chi connectivity index (χ1n) is 19.8. The average Bonchev–Trinajstić information content (AvgIpc) is 3.84. The van der Waals surface area contributed by atoms with Gasteiger partial charge in [0.15, 0.2) is 5.82 Å². The zero-order valence-electron chi connectivity index (χ0n) is 32.2. The minimum absolute atomic E-state index is 0.558. The van der Waals surface area contributed by atoms with E-state index in [4.69, 9.17) is 9.97 Å². The predicted molar refractivity (Wildman–Crippen MR) is 242 cm³/mol. The maximum atomic E-state index is 9.92. The second-order valence-electron chi connectivity index (χ2n) is 14.9. The maximum absolute atomic E-state index is 9.92. The second kappa shape index (κ2) is 14.1. The first-order valence-corrected chi connectivity index (χ1v) is 19.8. The molecule has 3 aromatic heterocycles. The van der Waals surface area contributed by atoms with Crippen LogP contribution in [0.4, 0.5) is 0 Å². The molecule has 0 radical (unpaired) electrons. The van der Waals surface area contributed by atoms with E-state index in [2.05, 4.69) is 143 Å². The summed E-state index contributed by atoms with van der Waals surface area (Å²) in [5.41, 5.74) is 13.7. The number of hydrogen-bond donors (Lipinski definition) is 0. The van der Waals surface area contributed by atoms with E-state index in [0.717, 1.165) is 83.4 Å². The summed E-state index contributed by atoms with van der Waals surface area (Å²) < 4.78 is 4.58. The molecule has 0 aliphatic rings. The van der Waals surface area contributed by atoms with Gasteiger partial charge in [0.25, 0.3) is 0 Å². The summed E-state index contributed by atoms with van der Waals surface area (Å²) in [4.78, 5) is 10.4. The van der Waals surface area contributed by atoms with Crippen LogP contribution in [0.3, 0.4) is 0 Å². The molecule has 0 aliphatic carbocycles. The van der Waals surface area contributed by atoms with Crippen molar-refractivity contribution >= 4 is 43.6 Å². The molecule has 0 atom stereocenters. The first-order chi connectivity index (χ1) is 29.6. The Morgan fingerprint density at radius 2 is 0.883 bits per heavy atom. The quantitative estimate of drug-likeness (QED) is 0.169. The van der Waals surface area contributed by atoms with Crippen LogP contribution in [0.25, 0.3) is 100 Å². The minimum atomic E-state index is 0.558. The molecule has 278 valence electrons. The zero-order chi connectivity index (χ0) is 40.2. The maximum Gasteiger partial charge on any atom is 0.160 e. The van der Waals surface area contributed by atoms with Gasteiger partial charge in [0.1, 0.15) is 0 Å². The first kappa shape index (κ1) is 34.7. The highest BCUT2D eigenvalue weighted by Crippen LogP contribution is 2.40.